The zero-order valence-corrected chi connectivity index (χ0v) is 16.3. The van der Waals surface area contributed by atoms with E-state index in [0.29, 0.717) is 24.0 Å². The maximum Gasteiger partial charge on any atom is 0.255 e. The minimum Gasteiger partial charge on any atom is -0.507 e. The van der Waals surface area contributed by atoms with Crippen molar-refractivity contribution >= 4 is 5.91 Å². The summed E-state index contributed by atoms with van der Waals surface area (Å²) < 4.78 is 7.62. The van der Waals surface area contributed by atoms with Crippen molar-refractivity contribution in [3.05, 3.63) is 54.5 Å². The number of aromatic nitrogens is 3. The number of pyridine rings is 1. The Labute approximate surface area is 169 Å². The number of phenolic OH excluding ortho intramolecular Hbond substituents is 1. The van der Waals surface area contributed by atoms with E-state index in [4.69, 9.17) is 4.74 Å². The highest BCUT2D eigenvalue weighted by atomic mass is 16.5. The zero-order valence-electron chi connectivity index (χ0n) is 16.3. The van der Waals surface area contributed by atoms with Gasteiger partial charge in [0.05, 0.1) is 17.5 Å². The van der Waals surface area contributed by atoms with E-state index in [0.717, 1.165) is 24.1 Å². The summed E-state index contributed by atoms with van der Waals surface area (Å²) in [5.41, 5.74) is 1.83. The number of aryl methyl sites for hydroxylation is 1. The van der Waals surface area contributed by atoms with E-state index in [2.05, 4.69) is 15.4 Å². The molecule has 1 aromatic carbocycles. The molecule has 2 N–H and O–H groups in total. The summed E-state index contributed by atoms with van der Waals surface area (Å²) in [6.07, 6.45) is 10.0. The van der Waals surface area contributed by atoms with E-state index < -0.39 is 0 Å². The molecular weight excluding hydrogens is 368 g/mol. The number of amides is 1. The highest BCUT2D eigenvalue weighted by Crippen LogP contribution is 2.29. The molecule has 1 saturated carbocycles. The van der Waals surface area contributed by atoms with Crippen LogP contribution in [-0.4, -0.2) is 32.3 Å². The fourth-order valence-electron chi connectivity index (χ4n) is 3.63. The molecular formula is C22H24N4O3. The van der Waals surface area contributed by atoms with Crippen LogP contribution in [0.4, 0.5) is 0 Å². The summed E-state index contributed by atoms with van der Waals surface area (Å²) >= 11 is 0. The van der Waals surface area contributed by atoms with Crippen LogP contribution < -0.4 is 10.1 Å². The SMILES string of the molecule is Cn1cc(-c2cc(Oc3ccc(O)c(C(=O)NCC4CCCC4)c3)ccn2)cn1. The molecule has 4 rings (SSSR count). The number of hydrogen-bond donors (Lipinski definition) is 2. The standard InChI is InChI=1S/C22H24N4O3/c1-26-14-16(13-25-26)20-11-18(8-9-23-20)29-17-6-7-21(27)19(10-17)22(28)24-12-15-4-2-3-5-15/h6-11,13-15,27H,2-5,12H2,1H3,(H,24,28). The largest absolute Gasteiger partial charge is 0.507 e. The van der Waals surface area contributed by atoms with Gasteiger partial charge < -0.3 is 15.2 Å². The maximum atomic E-state index is 12.5. The lowest BCUT2D eigenvalue weighted by Gasteiger charge is -2.13. The molecule has 0 unspecified atom stereocenters. The van der Waals surface area contributed by atoms with Crippen LogP contribution in [0.15, 0.2) is 48.9 Å². The highest BCUT2D eigenvalue weighted by molar-refractivity contribution is 5.97. The average Bonchev–Trinajstić information content (AvgIpc) is 3.39. The Morgan fingerprint density at radius 1 is 1.24 bits per heavy atom. The third-order valence-electron chi connectivity index (χ3n) is 5.21. The van der Waals surface area contributed by atoms with Gasteiger partial charge in [0.25, 0.3) is 5.91 Å². The van der Waals surface area contributed by atoms with Gasteiger partial charge in [-0.05, 0) is 43.0 Å². The summed E-state index contributed by atoms with van der Waals surface area (Å²) in [6.45, 7) is 0.641. The zero-order chi connectivity index (χ0) is 20.2. The quantitative estimate of drug-likeness (QED) is 0.664. The topological polar surface area (TPSA) is 89.3 Å². The van der Waals surface area contributed by atoms with Gasteiger partial charge in [0.1, 0.15) is 17.2 Å². The molecule has 0 atom stereocenters. The number of carbonyl (C=O) groups excluding carboxylic acids is 1. The first kappa shape index (κ1) is 19.0. The Balaban J connectivity index is 1.48. The molecule has 0 spiro atoms. The molecule has 0 saturated heterocycles. The lowest BCUT2D eigenvalue weighted by molar-refractivity contribution is 0.0944. The van der Waals surface area contributed by atoms with Crippen molar-refractivity contribution in [2.45, 2.75) is 25.7 Å². The molecule has 7 nitrogen and oxygen atoms in total. The second-order valence-corrected chi connectivity index (χ2v) is 7.42. The second-order valence-electron chi connectivity index (χ2n) is 7.42. The minimum absolute atomic E-state index is 0.0629. The van der Waals surface area contributed by atoms with E-state index in [1.165, 1.54) is 18.9 Å². The maximum absolute atomic E-state index is 12.5. The average molecular weight is 392 g/mol. The molecule has 7 heteroatoms. The molecule has 3 aromatic rings. The molecule has 0 bridgehead atoms. The number of hydrogen-bond acceptors (Lipinski definition) is 5. The summed E-state index contributed by atoms with van der Waals surface area (Å²) in [6, 6.07) is 8.22. The number of carbonyl (C=O) groups is 1. The Kier molecular flexibility index (Phi) is 5.46. The smallest absolute Gasteiger partial charge is 0.255 e. The van der Waals surface area contributed by atoms with Crippen LogP contribution >= 0.6 is 0 Å². The molecule has 0 radical (unpaired) electrons. The number of aromatic hydroxyl groups is 1. The van der Waals surface area contributed by atoms with Gasteiger partial charge in [0.2, 0.25) is 0 Å². The number of rotatable bonds is 6. The van der Waals surface area contributed by atoms with E-state index in [9.17, 15) is 9.90 Å². The second kappa shape index (κ2) is 8.34. The van der Waals surface area contributed by atoms with Crippen LogP contribution in [0, 0.1) is 5.92 Å². The summed E-state index contributed by atoms with van der Waals surface area (Å²) in [5.74, 6) is 1.24. The van der Waals surface area contributed by atoms with Crippen LogP contribution in [0.2, 0.25) is 0 Å². The van der Waals surface area contributed by atoms with Gasteiger partial charge in [-0.3, -0.25) is 14.5 Å². The van der Waals surface area contributed by atoms with Gasteiger partial charge in [-0.25, -0.2) is 0 Å². The molecule has 150 valence electrons. The van der Waals surface area contributed by atoms with Crippen molar-refractivity contribution in [1.29, 1.82) is 0 Å². The molecule has 1 aliphatic carbocycles. The summed E-state index contributed by atoms with van der Waals surface area (Å²) in [4.78, 5) is 16.9. The van der Waals surface area contributed by atoms with Gasteiger partial charge in [-0.2, -0.15) is 5.10 Å². The number of nitrogens with zero attached hydrogens (tertiary/aromatic N) is 3. The molecule has 2 aromatic heterocycles. The molecule has 1 fully saturated rings. The monoisotopic (exact) mass is 392 g/mol. The van der Waals surface area contributed by atoms with Crippen molar-refractivity contribution in [3.63, 3.8) is 0 Å². The lowest BCUT2D eigenvalue weighted by atomic mass is 10.1. The Morgan fingerprint density at radius 3 is 2.79 bits per heavy atom. The van der Waals surface area contributed by atoms with Crippen molar-refractivity contribution in [1.82, 2.24) is 20.1 Å². The van der Waals surface area contributed by atoms with Crippen molar-refractivity contribution in [2.24, 2.45) is 13.0 Å². The predicted molar refractivity (Wildman–Crippen MR) is 109 cm³/mol. The molecule has 1 aliphatic rings. The fraction of sp³-hybridized carbons (Fsp3) is 0.318. The molecule has 2 heterocycles. The molecule has 0 aliphatic heterocycles. The Hall–Kier alpha value is -3.35. The number of nitrogens with one attached hydrogen (secondary N) is 1. The van der Waals surface area contributed by atoms with E-state index in [1.54, 1.807) is 35.3 Å². The van der Waals surface area contributed by atoms with E-state index >= 15 is 0 Å². The van der Waals surface area contributed by atoms with Gasteiger partial charge >= 0.3 is 0 Å². The third kappa shape index (κ3) is 4.56. The van der Waals surface area contributed by atoms with Crippen LogP contribution in [0.5, 0.6) is 17.2 Å². The van der Waals surface area contributed by atoms with Crippen molar-refractivity contribution in [2.75, 3.05) is 6.54 Å². The van der Waals surface area contributed by atoms with E-state index in [-0.39, 0.29) is 17.2 Å². The number of benzene rings is 1. The summed E-state index contributed by atoms with van der Waals surface area (Å²) in [7, 11) is 1.85. The Morgan fingerprint density at radius 2 is 2.03 bits per heavy atom. The minimum atomic E-state index is -0.286. The lowest BCUT2D eigenvalue weighted by Crippen LogP contribution is -2.28. The van der Waals surface area contributed by atoms with Crippen LogP contribution in [-0.2, 0) is 7.05 Å². The molecule has 1 amide bonds. The first-order chi connectivity index (χ1) is 14.1. The first-order valence-corrected chi connectivity index (χ1v) is 9.82. The van der Waals surface area contributed by atoms with Crippen LogP contribution in [0.1, 0.15) is 36.0 Å². The predicted octanol–water partition coefficient (Wildman–Crippen LogP) is 3.90. The number of phenols is 1. The number of ether oxygens (including phenoxy) is 1. The molecule has 29 heavy (non-hydrogen) atoms. The van der Waals surface area contributed by atoms with Gasteiger partial charge in [0.15, 0.2) is 0 Å². The highest BCUT2D eigenvalue weighted by Gasteiger charge is 2.18. The van der Waals surface area contributed by atoms with Crippen LogP contribution in [0.25, 0.3) is 11.3 Å². The van der Waals surface area contributed by atoms with Gasteiger partial charge in [-0.15, -0.1) is 0 Å². The Bertz CT molecular complexity index is 1010. The van der Waals surface area contributed by atoms with Crippen molar-refractivity contribution < 1.29 is 14.6 Å². The normalized spacial score (nSPS) is 14.1. The summed E-state index contributed by atoms with van der Waals surface area (Å²) in [5, 5.41) is 17.2. The fourth-order valence-corrected chi connectivity index (χ4v) is 3.63. The van der Waals surface area contributed by atoms with Gasteiger partial charge in [0, 0.05) is 37.6 Å². The van der Waals surface area contributed by atoms with Crippen LogP contribution in [0.3, 0.4) is 0 Å². The van der Waals surface area contributed by atoms with Gasteiger partial charge in [-0.1, -0.05) is 12.8 Å². The third-order valence-corrected chi connectivity index (χ3v) is 5.21. The van der Waals surface area contributed by atoms with E-state index in [1.807, 2.05) is 19.3 Å². The van der Waals surface area contributed by atoms with Crippen molar-refractivity contribution in [3.8, 4) is 28.5 Å². The first-order valence-electron chi connectivity index (χ1n) is 9.82.